The standard InChI is InChI=1S/C17H19N7O2/c1-10-18-14(8-15(25)19-10)11-4-3-7-24(9-11)17(26)20-12-5-2-6-13-16(12)22-23-21-13/h2,5-6,8,11H,3-4,7,9H2,1H3,(H,20,26)(H,18,19,25)(H,21,22,23)/t11-/m1/s1. The molecule has 3 aromatic rings. The van der Waals surface area contributed by atoms with Crippen molar-refractivity contribution in [2.24, 2.45) is 0 Å². The number of urea groups is 1. The molecule has 1 aliphatic heterocycles. The number of aromatic nitrogens is 5. The van der Waals surface area contributed by atoms with Gasteiger partial charge < -0.3 is 15.2 Å². The number of carbonyl (C=O) groups excluding carboxylic acids is 1. The van der Waals surface area contributed by atoms with Gasteiger partial charge in [-0.1, -0.05) is 6.07 Å². The first-order chi connectivity index (χ1) is 12.6. The van der Waals surface area contributed by atoms with E-state index in [1.807, 2.05) is 12.1 Å². The van der Waals surface area contributed by atoms with Crippen LogP contribution in [-0.2, 0) is 0 Å². The first kappa shape index (κ1) is 16.2. The Hall–Kier alpha value is -3.23. The Balaban J connectivity index is 1.51. The lowest BCUT2D eigenvalue weighted by Crippen LogP contribution is -2.42. The quantitative estimate of drug-likeness (QED) is 0.648. The predicted molar refractivity (Wildman–Crippen MR) is 96.1 cm³/mol. The molecule has 0 unspecified atom stereocenters. The lowest BCUT2D eigenvalue weighted by Gasteiger charge is -2.32. The number of para-hydroxylation sites is 1. The Morgan fingerprint density at radius 2 is 2.23 bits per heavy atom. The molecular formula is C17H19N7O2. The van der Waals surface area contributed by atoms with Gasteiger partial charge in [0.05, 0.1) is 11.4 Å². The molecule has 1 saturated heterocycles. The molecule has 1 atom stereocenters. The average Bonchev–Trinajstić information content (AvgIpc) is 3.11. The van der Waals surface area contributed by atoms with E-state index < -0.39 is 0 Å². The number of fused-ring (bicyclic) bond motifs is 1. The largest absolute Gasteiger partial charge is 0.324 e. The van der Waals surface area contributed by atoms with Gasteiger partial charge in [0.1, 0.15) is 16.9 Å². The van der Waals surface area contributed by atoms with Crippen LogP contribution in [0, 0.1) is 6.92 Å². The monoisotopic (exact) mass is 353 g/mol. The summed E-state index contributed by atoms with van der Waals surface area (Å²) in [5.41, 5.74) is 2.52. The highest BCUT2D eigenvalue weighted by molar-refractivity contribution is 5.98. The summed E-state index contributed by atoms with van der Waals surface area (Å²) in [6.07, 6.45) is 1.76. The molecule has 2 amide bonds. The summed E-state index contributed by atoms with van der Waals surface area (Å²) in [6, 6.07) is 6.78. The Bertz CT molecular complexity index is 1010. The third-order valence-electron chi connectivity index (χ3n) is 4.60. The minimum absolute atomic E-state index is 0.0540. The maximum absolute atomic E-state index is 12.7. The van der Waals surface area contributed by atoms with Crippen LogP contribution < -0.4 is 10.9 Å². The van der Waals surface area contributed by atoms with Gasteiger partial charge in [-0.05, 0) is 31.9 Å². The molecule has 1 aromatic carbocycles. The first-order valence-electron chi connectivity index (χ1n) is 8.53. The zero-order valence-electron chi connectivity index (χ0n) is 14.3. The van der Waals surface area contributed by atoms with Crippen LogP contribution in [0.25, 0.3) is 11.0 Å². The van der Waals surface area contributed by atoms with Crippen molar-refractivity contribution in [3.63, 3.8) is 0 Å². The fraction of sp³-hybridized carbons (Fsp3) is 0.353. The van der Waals surface area contributed by atoms with Gasteiger partial charge in [0, 0.05) is 25.1 Å². The van der Waals surface area contributed by atoms with Crippen LogP contribution in [0.3, 0.4) is 0 Å². The van der Waals surface area contributed by atoms with Crippen LogP contribution in [-0.4, -0.2) is 49.4 Å². The van der Waals surface area contributed by atoms with Crippen molar-refractivity contribution in [1.29, 1.82) is 0 Å². The number of aryl methyl sites for hydroxylation is 1. The molecule has 0 radical (unpaired) electrons. The number of nitrogens with one attached hydrogen (secondary N) is 3. The van der Waals surface area contributed by atoms with Crippen molar-refractivity contribution < 1.29 is 4.79 Å². The number of amides is 2. The molecule has 3 heterocycles. The Kier molecular flexibility index (Phi) is 4.11. The summed E-state index contributed by atoms with van der Waals surface area (Å²) >= 11 is 0. The fourth-order valence-corrected chi connectivity index (χ4v) is 3.38. The maximum atomic E-state index is 12.7. The summed E-state index contributed by atoms with van der Waals surface area (Å²) < 4.78 is 0. The van der Waals surface area contributed by atoms with E-state index >= 15 is 0 Å². The van der Waals surface area contributed by atoms with Crippen LogP contribution >= 0.6 is 0 Å². The molecule has 9 heteroatoms. The highest BCUT2D eigenvalue weighted by Gasteiger charge is 2.26. The van der Waals surface area contributed by atoms with Gasteiger partial charge in [0.15, 0.2) is 0 Å². The van der Waals surface area contributed by atoms with Gasteiger partial charge in [-0.15, -0.1) is 0 Å². The van der Waals surface area contributed by atoms with Crippen LogP contribution in [0.5, 0.6) is 0 Å². The summed E-state index contributed by atoms with van der Waals surface area (Å²) in [7, 11) is 0. The van der Waals surface area contributed by atoms with Crippen LogP contribution in [0.15, 0.2) is 29.1 Å². The number of nitrogens with zero attached hydrogens (tertiary/aromatic N) is 4. The third-order valence-corrected chi connectivity index (χ3v) is 4.60. The van der Waals surface area contributed by atoms with Gasteiger partial charge >= 0.3 is 6.03 Å². The minimum Gasteiger partial charge on any atom is -0.324 e. The van der Waals surface area contributed by atoms with Crippen LogP contribution in [0.1, 0.15) is 30.3 Å². The van der Waals surface area contributed by atoms with Gasteiger partial charge in [-0.2, -0.15) is 15.4 Å². The summed E-state index contributed by atoms with van der Waals surface area (Å²) in [5.74, 6) is 0.644. The molecule has 1 fully saturated rings. The van der Waals surface area contributed by atoms with E-state index in [1.165, 1.54) is 6.07 Å². The molecule has 0 bridgehead atoms. The molecule has 26 heavy (non-hydrogen) atoms. The Labute approximate surface area is 148 Å². The van der Waals surface area contributed by atoms with E-state index in [-0.39, 0.29) is 17.5 Å². The smallest absolute Gasteiger partial charge is 0.321 e. The Morgan fingerprint density at radius 1 is 1.35 bits per heavy atom. The van der Waals surface area contributed by atoms with Crippen LogP contribution in [0.4, 0.5) is 10.5 Å². The van der Waals surface area contributed by atoms with Crippen molar-refractivity contribution in [3.8, 4) is 0 Å². The maximum Gasteiger partial charge on any atom is 0.321 e. The molecule has 9 nitrogen and oxygen atoms in total. The van der Waals surface area contributed by atoms with E-state index in [4.69, 9.17) is 0 Å². The van der Waals surface area contributed by atoms with Crippen molar-refractivity contribution in [2.45, 2.75) is 25.7 Å². The number of carbonyl (C=O) groups is 1. The number of H-pyrrole nitrogens is 2. The number of hydrogen-bond acceptors (Lipinski definition) is 5. The number of anilines is 1. The van der Waals surface area contributed by atoms with Gasteiger partial charge in [0.25, 0.3) is 5.56 Å². The van der Waals surface area contributed by atoms with Crippen molar-refractivity contribution in [1.82, 2.24) is 30.3 Å². The second-order valence-electron chi connectivity index (χ2n) is 6.47. The second kappa shape index (κ2) is 6.58. The molecule has 3 N–H and O–H groups in total. The predicted octanol–water partition coefficient (Wildman–Crippen LogP) is 1.76. The minimum atomic E-state index is -0.188. The molecule has 1 aliphatic rings. The van der Waals surface area contributed by atoms with Gasteiger partial charge in [-0.3, -0.25) is 4.79 Å². The first-order valence-corrected chi connectivity index (χ1v) is 8.53. The number of aromatic amines is 2. The van der Waals surface area contributed by atoms with Gasteiger partial charge in [-0.25, -0.2) is 9.78 Å². The SMILES string of the molecule is Cc1nc([C@@H]2CCCN(C(=O)Nc3cccc4n[nH]nc34)C2)cc(=O)[nH]1. The lowest BCUT2D eigenvalue weighted by molar-refractivity contribution is 0.192. The van der Waals surface area contributed by atoms with E-state index in [0.29, 0.717) is 35.6 Å². The topological polar surface area (TPSA) is 120 Å². The number of hydrogen-bond donors (Lipinski definition) is 3. The van der Waals surface area contributed by atoms with E-state index in [2.05, 4.69) is 30.7 Å². The van der Waals surface area contributed by atoms with E-state index in [9.17, 15) is 9.59 Å². The zero-order chi connectivity index (χ0) is 18.1. The summed E-state index contributed by atoms with van der Waals surface area (Å²) in [5, 5.41) is 13.6. The summed E-state index contributed by atoms with van der Waals surface area (Å²) in [6.45, 7) is 2.95. The van der Waals surface area contributed by atoms with Crippen molar-refractivity contribution in [2.75, 3.05) is 18.4 Å². The summed E-state index contributed by atoms with van der Waals surface area (Å²) in [4.78, 5) is 33.3. The lowest BCUT2D eigenvalue weighted by atomic mass is 9.94. The van der Waals surface area contributed by atoms with E-state index in [1.54, 1.807) is 17.9 Å². The number of benzene rings is 1. The third kappa shape index (κ3) is 3.15. The molecule has 2 aromatic heterocycles. The molecule has 0 spiro atoms. The second-order valence-corrected chi connectivity index (χ2v) is 6.47. The highest BCUT2D eigenvalue weighted by Crippen LogP contribution is 2.26. The average molecular weight is 353 g/mol. The normalized spacial score (nSPS) is 17.4. The van der Waals surface area contributed by atoms with Crippen molar-refractivity contribution >= 4 is 22.8 Å². The number of rotatable bonds is 2. The molecule has 0 saturated carbocycles. The molecular weight excluding hydrogens is 334 g/mol. The number of likely N-dealkylation sites (tertiary alicyclic amines) is 1. The Morgan fingerprint density at radius 3 is 3.08 bits per heavy atom. The van der Waals surface area contributed by atoms with Gasteiger partial charge in [0.2, 0.25) is 0 Å². The zero-order valence-corrected chi connectivity index (χ0v) is 14.3. The molecule has 4 rings (SSSR count). The highest BCUT2D eigenvalue weighted by atomic mass is 16.2. The number of piperidine rings is 1. The molecule has 0 aliphatic carbocycles. The fourth-order valence-electron chi connectivity index (χ4n) is 3.38. The molecule has 134 valence electrons. The van der Waals surface area contributed by atoms with Crippen molar-refractivity contribution in [3.05, 3.63) is 46.1 Å². The van der Waals surface area contributed by atoms with E-state index in [0.717, 1.165) is 18.5 Å². The van der Waals surface area contributed by atoms with Crippen LogP contribution in [0.2, 0.25) is 0 Å².